The van der Waals surface area contributed by atoms with Crippen LogP contribution in [0.1, 0.15) is 5.56 Å². The molecule has 0 amide bonds. The Morgan fingerprint density at radius 1 is 1.05 bits per heavy atom. The Kier molecular flexibility index (Phi) is 3.56. The van der Waals surface area contributed by atoms with Gasteiger partial charge >= 0.3 is 0 Å². The summed E-state index contributed by atoms with van der Waals surface area (Å²) in [5.41, 5.74) is 1.64. The number of aromatic hydroxyl groups is 1. The molecule has 0 aliphatic carbocycles. The van der Waals surface area contributed by atoms with Gasteiger partial charge in [0.05, 0.1) is 0 Å². The van der Waals surface area contributed by atoms with Gasteiger partial charge in [-0.15, -0.1) is 0 Å². The van der Waals surface area contributed by atoms with Gasteiger partial charge in [-0.3, -0.25) is 0 Å². The molecule has 0 radical (unpaired) electrons. The van der Waals surface area contributed by atoms with E-state index in [1.807, 2.05) is 18.2 Å². The number of fused-ring (bicyclic) bond motifs is 1. The molecule has 2 aromatic rings. The van der Waals surface area contributed by atoms with Crippen molar-refractivity contribution in [3.05, 3.63) is 47.0 Å². The zero-order valence-corrected chi connectivity index (χ0v) is 11.5. The van der Waals surface area contributed by atoms with E-state index in [0.717, 1.165) is 22.7 Å². The van der Waals surface area contributed by atoms with Crippen LogP contribution in [0.2, 0.25) is 5.02 Å². The van der Waals surface area contributed by atoms with Crippen molar-refractivity contribution in [2.45, 2.75) is 6.54 Å². The molecule has 0 aromatic heterocycles. The number of hydrogen-bond acceptors (Lipinski definition) is 4. The number of benzene rings is 2. The van der Waals surface area contributed by atoms with Crippen molar-refractivity contribution in [2.75, 3.05) is 18.5 Å². The third-order valence-corrected chi connectivity index (χ3v) is 3.30. The molecule has 0 atom stereocenters. The molecule has 4 nitrogen and oxygen atoms in total. The van der Waals surface area contributed by atoms with E-state index < -0.39 is 0 Å². The molecule has 0 saturated heterocycles. The maximum Gasteiger partial charge on any atom is 0.163 e. The van der Waals surface area contributed by atoms with Gasteiger partial charge in [0.15, 0.2) is 11.5 Å². The second-order valence-corrected chi connectivity index (χ2v) is 4.92. The average molecular weight is 292 g/mol. The quantitative estimate of drug-likeness (QED) is 0.910. The highest BCUT2D eigenvalue weighted by atomic mass is 35.5. The summed E-state index contributed by atoms with van der Waals surface area (Å²) in [5, 5.41) is 13.6. The summed E-state index contributed by atoms with van der Waals surface area (Å²) < 4.78 is 11.0. The van der Waals surface area contributed by atoms with Crippen LogP contribution in [0.3, 0.4) is 0 Å². The van der Waals surface area contributed by atoms with E-state index in [0.29, 0.717) is 24.8 Å². The summed E-state index contributed by atoms with van der Waals surface area (Å²) in [6.07, 6.45) is 0. The lowest BCUT2D eigenvalue weighted by atomic mass is 10.2. The fourth-order valence-electron chi connectivity index (χ4n) is 2.05. The summed E-state index contributed by atoms with van der Waals surface area (Å²) >= 11 is 5.92. The molecule has 0 spiro atoms. The van der Waals surface area contributed by atoms with Gasteiger partial charge in [0, 0.05) is 28.9 Å². The lowest BCUT2D eigenvalue weighted by molar-refractivity contribution is 0.171. The molecule has 3 rings (SSSR count). The lowest BCUT2D eigenvalue weighted by Gasteiger charge is -2.19. The number of halogens is 1. The zero-order chi connectivity index (χ0) is 13.9. The summed E-state index contributed by atoms with van der Waals surface area (Å²) in [5.74, 6) is 1.71. The fraction of sp³-hybridized carbons (Fsp3) is 0.200. The predicted octanol–water partition coefficient (Wildman–Crippen LogP) is 3.43. The fourth-order valence-corrected chi connectivity index (χ4v) is 2.24. The van der Waals surface area contributed by atoms with Crippen molar-refractivity contribution < 1.29 is 14.6 Å². The normalized spacial score (nSPS) is 13.1. The van der Waals surface area contributed by atoms with Crippen LogP contribution in [0.4, 0.5) is 5.69 Å². The first kappa shape index (κ1) is 12.9. The van der Waals surface area contributed by atoms with Crippen LogP contribution in [0, 0.1) is 0 Å². The Morgan fingerprint density at radius 2 is 1.85 bits per heavy atom. The summed E-state index contributed by atoms with van der Waals surface area (Å²) in [6, 6.07) is 10.6. The number of nitrogens with one attached hydrogen (secondary N) is 1. The number of rotatable bonds is 3. The average Bonchev–Trinajstić information content (AvgIpc) is 2.48. The van der Waals surface area contributed by atoms with Crippen molar-refractivity contribution in [3.8, 4) is 17.2 Å². The summed E-state index contributed by atoms with van der Waals surface area (Å²) in [6.45, 7) is 1.62. The van der Waals surface area contributed by atoms with Crippen molar-refractivity contribution in [1.82, 2.24) is 0 Å². The van der Waals surface area contributed by atoms with Crippen LogP contribution < -0.4 is 14.8 Å². The lowest BCUT2D eigenvalue weighted by Crippen LogP contribution is -2.15. The molecule has 5 heteroatoms. The van der Waals surface area contributed by atoms with Gasteiger partial charge in [0.2, 0.25) is 0 Å². The molecular formula is C15H14ClNO3. The van der Waals surface area contributed by atoms with Crippen LogP contribution in [-0.2, 0) is 6.54 Å². The van der Waals surface area contributed by atoms with Crippen LogP contribution >= 0.6 is 11.6 Å². The molecule has 20 heavy (non-hydrogen) atoms. The number of anilines is 1. The standard InChI is InChI=1S/C15H14ClNO3/c16-11-1-3-13(18)10(7-11)9-17-12-2-4-14-15(8-12)20-6-5-19-14/h1-4,7-8,17-18H,5-6,9H2. The highest BCUT2D eigenvalue weighted by Gasteiger charge is 2.11. The van der Waals surface area contributed by atoms with Crippen molar-refractivity contribution in [2.24, 2.45) is 0 Å². The first-order valence-corrected chi connectivity index (χ1v) is 6.71. The number of hydrogen-bond donors (Lipinski definition) is 2. The van der Waals surface area contributed by atoms with Crippen LogP contribution in [0.15, 0.2) is 36.4 Å². The van der Waals surface area contributed by atoms with Gasteiger partial charge in [-0.25, -0.2) is 0 Å². The van der Waals surface area contributed by atoms with Crippen LogP contribution in [0.5, 0.6) is 17.2 Å². The Balaban J connectivity index is 1.73. The largest absolute Gasteiger partial charge is 0.508 e. The monoisotopic (exact) mass is 291 g/mol. The van der Waals surface area contributed by atoms with E-state index in [2.05, 4.69) is 5.32 Å². The molecule has 0 bridgehead atoms. The third-order valence-electron chi connectivity index (χ3n) is 3.07. The maximum absolute atomic E-state index is 9.76. The van der Waals surface area contributed by atoms with E-state index >= 15 is 0 Å². The third kappa shape index (κ3) is 2.75. The van der Waals surface area contributed by atoms with Gasteiger partial charge in [0.25, 0.3) is 0 Å². The molecule has 0 fully saturated rings. The van der Waals surface area contributed by atoms with E-state index in [4.69, 9.17) is 21.1 Å². The minimum atomic E-state index is 0.222. The highest BCUT2D eigenvalue weighted by molar-refractivity contribution is 6.30. The smallest absolute Gasteiger partial charge is 0.163 e. The van der Waals surface area contributed by atoms with Gasteiger partial charge in [-0.05, 0) is 30.3 Å². The first-order chi connectivity index (χ1) is 9.72. The minimum Gasteiger partial charge on any atom is -0.508 e. The molecular weight excluding hydrogens is 278 g/mol. The molecule has 2 aromatic carbocycles. The zero-order valence-electron chi connectivity index (χ0n) is 10.7. The highest BCUT2D eigenvalue weighted by Crippen LogP contribution is 2.33. The van der Waals surface area contributed by atoms with Gasteiger partial charge in [-0.1, -0.05) is 11.6 Å². The molecule has 1 aliphatic heterocycles. The van der Waals surface area contributed by atoms with E-state index in [1.165, 1.54) is 0 Å². The second-order valence-electron chi connectivity index (χ2n) is 4.49. The predicted molar refractivity (Wildman–Crippen MR) is 77.9 cm³/mol. The Bertz CT molecular complexity index is 631. The van der Waals surface area contributed by atoms with E-state index in [1.54, 1.807) is 18.2 Å². The summed E-state index contributed by atoms with van der Waals surface area (Å²) in [4.78, 5) is 0. The molecule has 1 heterocycles. The number of ether oxygens (including phenoxy) is 2. The topological polar surface area (TPSA) is 50.7 Å². The SMILES string of the molecule is Oc1ccc(Cl)cc1CNc1ccc2c(c1)OCCO2. The minimum absolute atomic E-state index is 0.222. The van der Waals surface area contributed by atoms with Gasteiger partial charge < -0.3 is 19.9 Å². The first-order valence-electron chi connectivity index (χ1n) is 6.33. The Hall–Kier alpha value is -2.07. The van der Waals surface area contributed by atoms with Gasteiger partial charge in [0.1, 0.15) is 19.0 Å². The maximum atomic E-state index is 9.76. The Morgan fingerprint density at radius 3 is 2.70 bits per heavy atom. The molecule has 1 aliphatic rings. The number of phenols is 1. The van der Waals surface area contributed by atoms with E-state index in [-0.39, 0.29) is 5.75 Å². The molecule has 104 valence electrons. The Labute approximate surface area is 121 Å². The van der Waals surface area contributed by atoms with Crippen molar-refractivity contribution in [3.63, 3.8) is 0 Å². The van der Waals surface area contributed by atoms with Gasteiger partial charge in [-0.2, -0.15) is 0 Å². The van der Waals surface area contributed by atoms with Crippen molar-refractivity contribution in [1.29, 1.82) is 0 Å². The van der Waals surface area contributed by atoms with Crippen molar-refractivity contribution >= 4 is 17.3 Å². The molecule has 0 saturated carbocycles. The van der Waals surface area contributed by atoms with E-state index in [9.17, 15) is 5.11 Å². The van der Waals surface area contributed by atoms with Crippen LogP contribution in [0.25, 0.3) is 0 Å². The van der Waals surface area contributed by atoms with Crippen LogP contribution in [-0.4, -0.2) is 18.3 Å². The molecule has 2 N–H and O–H groups in total. The number of phenolic OH excluding ortho intramolecular Hbond substituents is 1. The summed E-state index contributed by atoms with van der Waals surface area (Å²) in [7, 11) is 0. The second kappa shape index (κ2) is 5.51. The molecule has 0 unspecified atom stereocenters.